The molecule has 0 bridgehead atoms. The SMILES string of the molecule is CC(C)NCC(O)c1cccc2c1CC(=O)N2. The van der Waals surface area contributed by atoms with Crippen molar-refractivity contribution < 1.29 is 9.90 Å². The molecule has 1 heterocycles. The number of fused-ring (bicyclic) bond motifs is 1. The maximum Gasteiger partial charge on any atom is 0.228 e. The maximum absolute atomic E-state index is 11.3. The first kappa shape index (κ1) is 12.1. The van der Waals surface area contributed by atoms with Gasteiger partial charge < -0.3 is 15.7 Å². The smallest absolute Gasteiger partial charge is 0.228 e. The summed E-state index contributed by atoms with van der Waals surface area (Å²) in [7, 11) is 0. The van der Waals surface area contributed by atoms with Crippen molar-refractivity contribution in [2.24, 2.45) is 0 Å². The van der Waals surface area contributed by atoms with Crippen LogP contribution in [0.15, 0.2) is 18.2 Å². The minimum absolute atomic E-state index is 0.00327. The fourth-order valence-electron chi connectivity index (χ4n) is 2.04. The predicted molar refractivity (Wildman–Crippen MR) is 66.9 cm³/mol. The van der Waals surface area contributed by atoms with Crippen LogP contribution in [0.1, 0.15) is 31.1 Å². The molecule has 1 atom stereocenters. The minimum Gasteiger partial charge on any atom is -0.387 e. The minimum atomic E-state index is -0.569. The molecule has 1 aliphatic heterocycles. The summed E-state index contributed by atoms with van der Waals surface area (Å²) in [4.78, 5) is 11.3. The van der Waals surface area contributed by atoms with E-state index in [1.165, 1.54) is 0 Å². The highest BCUT2D eigenvalue weighted by Gasteiger charge is 2.23. The van der Waals surface area contributed by atoms with E-state index in [1.807, 2.05) is 32.0 Å². The number of nitrogens with one attached hydrogen (secondary N) is 2. The van der Waals surface area contributed by atoms with E-state index in [9.17, 15) is 9.90 Å². The fraction of sp³-hybridized carbons (Fsp3) is 0.462. The predicted octanol–water partition coefficient (Wildman–Crippen LogP) is 1.21. The van der Waals surface area contributed by atoms with E-state index >= 15 is 0 Å². The van der Waals surface area contributed by atoms with Crippen molar-refractivity contribution in [2.45, 2.75) is 32.4 Å². The van der Waals surface area contributed by atoms with Gasteiger partial charge in [-0.1, -0.05) is 26.0 Å². The average molecular weight is 234 g/mol. The highest BCUT2D eigenvalue weighted by atomic mass is 16.3. The van der Waals surface area contributed by atoms with Crippen molar-refractivity contribution in [3.05, 3.63) is 29.3 Å². The molecule has 1 amide bonds. The molecule has 17 heavy (non-hydrogen) atoms. The molecule has 92 valence electrons. The number of aliphatic hydroxyl groups is 1. The molecule has 1 unspecified atom stereocenters. The van der Waals surface area contributed by atoms with Crippen molar-refractivity contribution in [1.29, 1.82) is 0 Å². The van der Waals surface area contributed by atoms with Crippen molar-refractivity contribution in [1.82, 2.24) is 5.32 Å². The normalized spacial score (nSPS) is 15.9. The number of hydrogen-bond acceptors (Lipinski definition) is 3. The zero-order valence-electron chi connectivity index (χ0n) is 10.2. The van der Waals surface area contributed by atoms with Gasteiger partial charge in [0.15, 0.2) is 0 Å². The molecule has 4 nitrogen and oxygen atoms in total. The zero-order valence-corrected chi connectivity index (χ0v) is 10.2. The number of carbonyl (C=O) groups is 1. The highest BCUT2D eigenvalue weighted by molar-refractivity contribution is 5.99. The Morgan fingerprint density at radius 1 is 1.47 bits per heavy atom. The molecule has 2 rings (SSSR count). The average Bonchev–Trinajstić information content (AvgIpc) is 2.65. The Hall–Kier alpha value is -1.39. The summed E-state index contributed by atoms with van der Waals surface area (Å²) in [6, 6.07) is 5.94. The Morgan fingerprint density at radius 2 is 2.24 bits per heavy atom. The van der Waals surface area contributed by atoms with E-state index in [4.69, 9.17) is 0 Å². The van der Waals surface area contributed by atoms with Gasteiger partial charge in [0.25, 0.3) is 0 Å². The van der Waals surface area contributed by atoms with Gasteiger partial charge in [0.1, 0.15) is 0 Å². The lowest BCUT2D eigenvalue weighted by Crippen LogP contribution is -2.28. The number of rotatable bonds is 4. The van der Waals surface area contributed by atoms with Gasteiger partial charge in [-0.05, 0) is 17.2 Å². The number of benzene rings is 1. The molecular formula is C13H18N2O2. The molecule has 3 N–H and O–H groups in total. The molecule has 0 radical (unpaired) electrons. The van der Waals surface area contributed by atoms with E-state index in [1.54, 1.807) is 0 Å². The Labute approximate surface area is 101 Å². The van der Waals surface area contributed by atoms with Crippen LogP contribution in [0.2, 0.25) is 0 Å². The number of carbonyl (C=O) groups excluding carboxylic acids is 1. The van der Waals surface area contributed by atoms with Crippen LogP contribution in [0.5, 0.6) is 0 Å². The van der Waals surface area contributed by atoms with Crippen LogP contribution >= 0.6 is 0 Å². The van der Waals surface area contributed by atoms with Crippen LogP contribution in [0.25, 0.3) is 0 Å². The zero-order chi connectivity index (χ0) is 12.4. The lowest BCUT2D eigenvalue weighted by Gasteiger charge is -2.16. The third-order valence-electron chi connectivity index (χ3n) is 2.90. The first-order valence-corrected chi connectivity index (χ1v) is 5.91. The Balaban J connectivity index is 2.16. The van der Waals surface area contributed by atoms with Gasteiger partial charge in [-0.3, -0.25) is 4.79 Å². The summed E-state index contributed by atoms with van der Waals surface area (Å²) in [5.41, 5.74) is 2.60. The van der Waals surface area contributed by atoms with Gasteiger partial charge in [0, 0.05) is 18.3 Å². The van der Waals surface area contributed by atoms with E-state index < -0.39 is 6.10 Å². The second-order valence-electron chi connectivity index (χ2n) is 4.68. The molecule has 0 aliphatic carbocycles. The van der Waals surface area contributed by atoms with Crippen LogP contribution in [0.3, 0.4) is 0 Å². The molecule has 1 aromatic rings. The summed E-state index contributed by atoms with van der Waals surface area (Å²) in [6.45, 7) is 4.57. The first-order chi connectivity index (χ1) is 8.08. The second kappa shape index (κ2) is 4.85. The standard InChI is InChI=1S/C13H18N2O2/c1-8(2)14-7-12(16)9-4-3-5-11-10(9)6-13(17)15-11/h3-5,8,12,14,16H,6-7H2,1-2H3,(H,15,17). The number of aliphatic hydroxyl groups excluding tert-OH is 1. The Morgan fingerprint density at radius 3 is 2.94 bits per heavy atom. The third kappa shape index (κ3) is 2.65. The van der Waals surface area contributed by atoms with Crippen molar-refractivity contribution >= 4 is 11.6 Å². The van der Waals surface area contributed by atoms with Crippen molar-refractivity contribution in [3.63, 3.8) is 0 Å². The molecule has 1 aromatic carbocycles. The lowest BCUT2D eigenvalue weighted by molar-refractivity contribution is -0.115. The van der Waals surface area contributed by atoms with Gasteiger partial charge in [-0.15, -0.1) is 0 Å². The van der Waals surface area contributed by atoms with Crippen LogP contribution in [-0.2, 0) is 11.2 Å². The first-order valence-electron chi connectivity index (χ1n) is 5.91. The number of amides is 1. The van der Waals surface area contributed by atoms with Gasteiger partial charge in [0.05, 0.1) is 12.5 Å². The Kier molecular flexibility index (Phi) is 3.45. The lowest BCUT2D eigenvalue weighted by atomic mass is 10.00. The summed E-state index contributed by atoms with van der Waals surface area (Å²) < 4.78 is 0. The van der Waals surface area contributed by atoms with Gasteiger partial charge in [-0.25, -0.2) is 0 Å². The molecule has 4 heteroatoms. The Bertz CT molecular complexity index is 429. The van der Waals surface area contributed by atoms with Crippen LogP contribution in [-0.4, -0.2) is 23.6 Å². The molecule has 0 fully saturated rings. The molecule has 0 spiro atoms. The highest BCUT2D eigenvalue weighted by Crippen LogP contribution is 2.29. The molecule has 0 saturated heterocycles. The van der Waals surface area contributed by atoms with Crippen LogP contribution in [0, 0.1) is 0 Å². The molecule has 0 aromatic heterocycles. The quantitative estimate of drug-likeness (QED) is 0.734. The van der Waals surface area contributed by atoms with Gasteiger partial charge >= 0.3 is 0 Å². The van der Waals surface area contributed by atoms with E-state index in [-0.39, 0.29) is 5.91 Å². The molecule has 0 saturated carbocycles. The number of anilines is 1. The summed E-state index contributed by atoms with van der Waals surface area (Å²) in [5, 5.41) is 16.1. The van der Waals surface area contributed by atoms with E-state index in [0.717, 1.165) is 16.8 Å². The monoisotopic (exact) mass is 234 g/mol. The molecular weight excluding hydrogens is 216 g/mol. The van der Waals surface area contributed by atoms with E-state index in [0.29, 0.717) is 19.0 Å². The van der Waals surface area contributed by atoms with Crippen LogP contribution in [0.4, 0.5) is 5.69 Å². The van der Waals surface area contributed by atoms with Crippen LogP contribution < -0.4 is 10.6 Å². The number of hydrogen-bond donors (Lipinski definition) is 3. The maximum atomic E-state index is 11.3. The summed E-state index contributed by atoms with van der Waals surface area (Å²) in [5.74, 6) is -0.00327. The van der Waals surface area contributed by atoms with E-state index in [2.05, 4.69) is 10.6 Å². The van der Waals surface area contributed by atoms with Crippen molar-refractivity contribution in [3.8, 4) is 0 Å². The molecule has 1 aliphatic rings. The third-order valence-corrected chi connectivity index (χ3v) is 2.90. The van der Waals surface area contributed by atoms with Gasteiger partial charge in [-0.2, -0.15) is 0 Å². The summed E-state index contributed by atoms with van der Waals surface area (Å²) in [6.07, 6.45) is -0.204. The second-order valence-corrected chi connectivity index (χ2v) is 4.68. The van der Waals surface area contributed by atoms with Gasteiger partial charge in [0.2, 0.25) is 5.91 Å². The topological polar surface area (TPSA) is 61.4 Å². The largest absolute Gasteiger partial charge is 0.387 e. The fourth-order valence-corrected chi connectivity index (χ4v) is 2.04. The van der Waals surface area contributed by atoms with Crippen molar-refractivity contribution in [2.75, 3.05) is 11.9 Å². The summed E-state index contributed by atoms with van der Waals surface area (Å²) >= 11 is 0.